The molecule has 0 aliphatic rings. The van der Waals surface area contributed by atoms with Gasteiger partial charge in [-0.2, -0.15) is 5.10 Å². The van der Waals surface area contributed by atoms with E-state index in [1.807, 2.05) is 0 Å². The van der Waals surface area contributed by atoms with E-state index in [2.05, 4.69) is 10.1 Å². The van der Waals surface area contributed by atoms with Gasteiger partial charge >= 0.3 is 6.03 Å². The van der Waals surface area contributed by atoms with Gasteiger partial charge in [0.1, 0.15) is 5.69 Å². The van der Waals surface area contributed by atoms with Gasteiger partial charge in [0, 0.05) is 19.8 Å². The van der Waals surface area contributed by atoms with Gasteiger partial charge in [-0.3, -0.25) is 9.88 Å². The molecule has 0 aliphatic heterocycles. The summed E-state index contributed by atoms with van der Waals surface area (Å²) in [5.74, 6) is 0. The van der Waals surface area contributed by atoms with E-state index in [9.17, 15) is 13.2 Å². The molecule has 0 fully saturated rings. The van der Waals surface area contributed by atoms with Crippen LogP contribution in [0.4, 0.5) is 10.5 Å². The molecule has 0 saturated carbocycles. The molecule has 0 aromatic carbocycles. The van der Waals surface area contributed by atoms with Crippen molar-refractivity contribution >= 4 is 33.3 Å². The largest absolute Gasteiger partial charge is 0.337 e. The fourth-order valence-electron chi connectivity index (χ4n) is 1.97. The highest BCUT2D eigenvalue weighted by molar-refractivity contribution is 7.88. The predicted molar refractivity (Wildman–Crippen MR) is 87.4 cm³/mol. The molecule has 2 aromatic rings. The van der Waals surface area contributed by atoms with E-state index in [4.69, 9.17) is 11.6 Å². The monoisotopic (exact) mass is 357 g/mol. The lowest BCUT2D eigenvalue weighted by Crippen LogP contribution is -2.44. The van der Waals surface area contributed by atoms with Gasteiger partial charge < -0.3 is 0 Å². The molecule has 23 heavy (non-hydrogen) atoms. The van der Waals surface area contributed by atoms with Crippen molar-refractivity contribution in [2.24, 2.45) is 0 Å². The van der Waals surface area contributed by atoms with Gasteiger partial charge in [0.2, 0.25) is 10.0 Å². The Hall–Kier alpha value is -2.13. The Balaban J connectivity index is 2.35. The lowest BCUT2D eigenvalue weighted by atomic mass is 10.4. The van der Waals surface area contributed by atoms with Gasteiger partial charge in [-0.05, 0) is 19.1 Å². The number of hydrogen-bond acceptors (Lipinski definition) is 5. The first-order valence-corrected chi connectivity index (χ1v) is 8.89. The second-order valence-electron chi connectivity index (χ2n) is 4.73. The molecule has 0 bridgehead atoms. The number of urea groups is 1. The second-order valence-corrected chi connectivity index (χ2v) is 7.00. The van der Waals surface area contributed by atoms with Gasteiger partial charge in [0.15, 0.2) is 5.15 Å². The van der Waals surface area contributed by atoms with E-state index in [0.29, 0.717) is 11.4 Å². The molecule has 2 rings (SSSR count). The van der Waals surface area contributed by atoms with Crippen molar-refractivity contribution in [3.8, 4) is 5.69 Å². The lowest BCUT2D eigenvalue weighted by molar-refractivity contribution is 0.232. The van der Waals surface area contributed by atoms with Crippen molar-refractivity contribution < 1.29 is 13.2 Å². The van der Waals surface area contributed by atoms with E-state index >= 15 is 0 Å². The highest BCUT2D eigenvalue weighted by Crippen LogP contribution is 2.26. The summed E-state index contributed by atoms with van der Waals surface area (Å²) < 4.78 is 25.6. The first-order valence-electron chi connectivity index (χ1n) is 6.66. The Morgan fingerprint density at radius 2 is 2.13 bits per heavy atom. The summed E-state index contributed by atoms with van der Waals surface area (Å²) in [6.07, 6.45) is 5.72. The number of halogens is 1. The second kappa shape index (κ2) is 6.55. The number of carbonyl (C=O) groups excluding carboxylic acids is 1. The molecule has 2 heterocycles. The maximum atomic E-state index is 12.4. The van der Waals surface area contributed by atoms with Crippen LogP contribution < -0.4 is 4.90 Å². The Bertz CT molecular complexity index is 806. The maximum absolute atomic E-state index is 12.4. The Morgan fingerprint density at radius 3 is 2.65 bits per heavy atom. The number of rotatable bonds is 4. The van der Waals surface area contributed by atoms with Gasteiger partial charge in [-0.15, -0.1) is 0 Å². The summed E-state index contributed by atoms with van der Waals surface area (Å²) in [6, 6.07) is 2.81. The minimum Gasteiger partial charge on any atom is -0.292 e. The van der Waals surface area contributed by atoms with Crippen molar-refractivity contribution in [1.29, 1.82) is 0 Å². The molecule has 0 aliphatic carbocycles. The topological polar surface area (TPSA) is 88.4 Å². The average Bonchev–Trinajstić information content (AvgIpc) is 2.88. The van der Waals surface area contributed by atoms with Crippen molar-refractivity contribution in [3.05, 3.63) is 35.9 Å². The van der Waals surface area contributed by atoms with E-state index in [1.54, 1.807) is 31.5 Å². The molecule has 8 nitrogen and oxygen atoms in total. The van der Waals surface area contributed by atoms with Crippen LogP contribution in [0, 0.1) is 0 Å². The van der Waals surface area contributed by atoms with Crippen LogP contribution in [0.3, 0.4) is 0 Å². The third-order valence-corrected chi connectivity index (χ3v) is 4.60. The smallest absolute Gasteiger partial charge is 0.292 e. The molecular formula is C13H16ClN5O3S. The normalized spacial score (nSPS) is 11.3. The van der Waals surface area contributed by atoms with Crippen LogP contribution in [0.5, 0.6) is 0 Å². The number of aromatic nitrogens is 3. The van der Waals surface area contributed by atoms with Crippen LogP contribution in [-0.4, -0.2) is 53.4 Å². The SMILES string of the molecule is CCN(C(=O)N(C)c1cn(-c2cccnc2)nc1Cl)S(C)(=O)=O. The molecule has 0 atom stereocenters. The Morgan fingerprint density at radius 1 is 1.43 bits per heavy atom. The number of hydrogen-bond donors (Lipinski definition) is 0. The van der Waals surface area contributed by atoms with Crippen molar-refractivity contribution in [3.63, 3.8) is 0 Å². The third kappa shape index (κ3) is 3.62. The highest BCUT2D eigenvalue weighted by Gasteiger charge is 2.27. The molecule has 124 valence electrons. The number of anilines is 1. The molecule has 2 amide bonds. The average molecular weight is 358 g/mol. The fraction of sp³-hybridized carbons (Fsp3) is 0.308. The number of amides is 2. The zero-order chi connectivity index (χ0) is 17.2. The van der Waals surface area contributed by atoms with Crippen LogP contribution >= 0.6 is 11.6 Å². The van der Waals surface area contributed by atoms with Crippen LogP contribution in [0.25, 0.3) is 5.69 Å². The Kier molecular flexibility index (Phi) is 4.90. The van der Waals surface area contributed by atoms with E-state index < -0.39 is 16.1 Å². The van der Waals surface area contributed by atoms with Gasteiger partial charge in [-0.25, -0.2) is 22.2 Å². The minimum atomic E-state index is -3.66. The zero-order valence-corrected chi connectivity index (χ0v) is 14.4. The van der Waals surface area contributed by atoms with Crippen LogP contribution in [-0.2, 0) is 10.0 Å². The summed E-state index contributed by atoms with van der Waals surface area (Å²) in [5.41, 5.74) is 0.958. The molecule has 10 heteroatoms. The number of nitrogens with zero attached hydrogens (tertiary/aromatic N) is 5. The van der Waals surface area contributed by atoms with Crippen molar-refractivity contribution in [1.82, 2.24) is 19.1 Å². The molecule has 0 radical (unpaired) electrons. The summed E-state index contributed by atoms with van der Waals surface area (Å²) in [4.78, 5) is 17.5. The minimum absolute atomic E-state index is 0.0242. The third-order valence-electron chi connectivity index (χ3n) is 3.11. The molecule has 0 saturated heterocycles. The molecule has 0 spiro atoms. The zero-order valence-electron chi connectivity index (χ0n) is 12.8. The predicted octanol–water partition coefficient (Wildman–Crippen LogP) is 1.76. The lowest BCUT2D eigenvalue weighted by Gasteiger charge is -2.24. The van der Waals surface area contributed by atoms with Crippen LogP contribution in [0.15, 0.2) is 30.7 Å². The van der Waals surface area contributed by atoms with Crippen LogP contribution in [0.2, 0.25) is 5.15 Å². The summed E-state index contributed by atoms with van der Waals surface area (Å²) in [6.45, 7) is 1.60. The number of sulfonamides is 1. The van der Waals surface area contributed by atoms with Gasteiger partial charge in [-0.1, -0.05) is 11.6 Å². The molecule has 0 N–H and O–H groups in total. The van der Waals surface area contributed by atoms with Crippen molar-refractivity contribution in [2.45, 2.75) is 6.92 Å². The fourth-order valence-corrected chi connectivity index (χ4v) is 3.10. The summed E-state index contributed by atoms with van der Waals surface area (Å²) >= 11 is 6.08. The number of pyridine rings is 1. The number of carbonyl (C=O) groups is 1. The first kappa shape index (κ1) is 17.2. The van der Waals surface area contributed by atoms with Gasteiger partial charge in [0.25, 0.3) is 0 Å². The van der Waals surface area contributed by atoms with Crippen molar-refractivity contribution in [2.75, 3.05) is 24.7 Å². The maximum Gasteiger partial charge on any atom is 0.337 e. The molecule has 0 unspecified atom stereocenters. The highest BCUT2D eigenvalue weighted by atomic mass is 35.5. The summed E-state index contributed by atoms with van der Waals surface area (Å²) in [7, 11) is -2.23. The first-order chi connectivity index (χ1) is 10.8. The van der Waals surface area contributed by atoms with E-state index in [0.717, 1.165) is 15.5 Å². The molecule has 2 aromatic heterocycles. The quantitative estimate of drug-likeness (QED) is 0.831. The van der Waals surface area contributed by atoms with Gasteiger partial charge in [0.05, 0.1) is 24.3 Å². The van der Waals surface area contributed by atoms with E-state index in [-0.39, 0.29) is 11.7 Å². The van der Waals surface area contributed by atoms with Crippen LogP contribution in [0.1, 0.15) is 6.92 Å². The van der Waals surface area contributed by atoms with E-state index in [1.165, 1.54) is 17.9 Å². The summed E-state index contributed by atoms with van der Waals surface area (Å²) in [5, 5.41) is 4.19. The molecular weight excluding hydrogens is 342 g/mol. The Labute approximate surface area is 139 Å². The standard InChI is InChI=1S/C13H16ClN5O3S/c1-4-19(23(3,21)22)13(20)17(2)11-9-18(16-12(11)14)10-6-5-7-15-8-10/h5-9H,4H2,1-3H3.